The highest BCUT2D eigenvalue weighted by molar-refractivity contribution is 5.94. The molecule has 3 heterocycles. The zero-order chi connectivity index (χ0) is 20.9. The molecule has 10 heteroatoms. The van der Waals surface area contributed by atoms with Gasteiger partial charge in [-0.3, -0.25) is 4.79 Å². The zero-order valence-electron chi connectivity index (χ0n) is 15.7. The molecule has 0 saturated carbocycles. The molecule has 3 aromatic rings. The summed E-state index contributed by atoms with van der Waals surface area (Å²) in [7, 11) is 0. The number of piperidine rings is 1. The van der Waals surface area contributed by atoms with Crippen LogP contribution in [0, 0.1) is 25.5 Å². The van der Waals surface area contributed by atoms with E-state index in [2.05, 4.69) is 15.1 Å². The average Bonchev–Trinajstić information content (AvgIpc) is 3.11. The second kappa shape index (κ2) is 6.78. The molecule has 0 N–H and O–H groups in total. The minimum absolute atomic E-state index is 0.0229. The summed E-state index contributed by atoms with van der Waals surface area (Å²) < 4.78 is 57.7. The fraction of sp³-hybridized carbons (Fsp3) is 0.368. The summed E-state index contributed by atoms with van der Waals surface area (Å²) in [5.74, 6) is -6.65. The largest absolute Gasteiger partial charge is 0.332 e. The molecular weight excluding hydrogens is 390 g/mol. The van der Waals surface area contributed by atoms with Crippen molar-refractivity contribution in [2.24, 2.45) is 0 Å². The minimum atomic E-state index is -3.16. The van der Waals surface area contributed by atoms with Crippen LogP contribution in [0.5, 0.6) is 0 Å². The first-order valence-electron chi connectivity index (χ1n) is 8.94. The standard InChI is InChI=1S/C19H17F4N5O/c1-10-3-12(5-14(20)16(10)21)17(29)27-7-13(6-19(22,23)8-27)15-4-11(2)26-18-24-9-25-28(15)18/h3-5,9,13H,6-8H2,1-2H3. The summed E-state index contributed by atoms with van der Waals surface area (Å²) in [4.78, 5) is 22.0. The highest BCUT2D eigenvalue weighted by atomic mass is 19.3. The molecule has 0 bridgehead atoms. The Bertz CT molecular complexity index is 1090. The minimum Gasteiger partial charge on any atom is -0.332 e. The van der Waals surface area contributed by atoms with Gasteiger partial charge in [-0.25, -0.2) is 27.1 Å². The number of aromatic nitrogens is 4. The van der Waals surface area contributed by atoms with Crippen LogP contribution in [0.1, 0.15) is 39.6 Å². The van der Waals surface area contributed by atoms with Crippen LogP contribution >= 0.6 is 0 Å². The Balaban J connectivity index is 1.71. The third kappa shape index (κ3) is 3.54. The molecule has 1 saturated heterocycles. The van der Waals surface area contributed by atoms with E-state index in [0.29, 0.717) is 11.4 Å². The summed E-state index contributed by atoms with van der Waals surface area (Å²) in [6.07, 6.45) is 0.797. The number of carbonyl (C=O) groups excluding carboxylic acids is 1. The highest BCUT2D eigenvalue weighted by Gasteiger charge is 2.43. The molecule has 152 valence electrons. The van der Waals surface area contributed by atoms with E-state index in [0.717, 1.165) is 17.0 Å². The molecule has 1 aliphatic heterocycles. The normalized spacial score (nSPS) is 19.0. The van der Waals surface area contributed by atoms with Crippen molar-refractivity contribution in [3.8, 4) is 0 Å². The van der Waals surface area contributed by atoms with E-state index in [-0.39, 0.29) is 23.4 Å². The number of carbonyl (C=O) groups is 1. The molecule has 1 aliphatic rings. The van der Waals surface area contributed by atoms with E-state index < -0.39 is 42.3 Å². The Hall–Kier alpha value is -3.04. The van der Waals surface area contributed by atoms with Crippen LogP contribution in [-0.2, 0) is 0 Å². The van der Waals surface area contributed by atoms with Crippen molar-refractivity contribution in [3.63, 3.8) is 0 Å². The summed E-state index contributed by atoms with van der Waals surface area (Å²) >= 11 is 0. The lowest BCUT2D eigenvalue weighted by atomic mass is 9.91. The maximum absolute atomic E-state index is 14.5. The van der Waals surface area contributed by atoms with Crippen LogP contribution < -0.4 is 0 Å². The molecule has 2 aromatic heterocycles. The van der Waals surface area contributed by atoms with E-state index in [4.69, 9.17) is 0 Å². The summed E-state index contributed by atoms with van der Waals surface area (Å²) in [5, 5.41) is 4.05. The first kappa shape index (κ1) is 19.3. The molecule has 6 nitrogen and oxygen atoms in total. The fourth-order valence-corrected chi connectivity index (χ4v) is 3.73. The summed E-state index contributed by atoms with van der Waals surface area (Å²) in [5.41, 5.74) is 0.810. The molecule has 1 aromatic carbocycles. The molecular formula is C19H17F4N5O. The van der Waals surface area contributed by atoms with E-state index >= 15 is 0 Å². The SMILES string of the molecule is Cc1cc(C2CN(C(=O)c3cc(C)c(F)c(F)c3)CC(F)(F)C2)n2ncnc2n1. The molecule has 29 heavy (non-hydrogen) atoms. The van der Waals surface area contributed by atoms with Crippen LogP contribution in [0.2, 0.25) is 0 Å². The van der Waals surface area contributed by atoms with Gasteiger partial charge in [-0.15, -0.1) is 0 Å². The number of amides is 1. The van der Waals surface area contributed by atoms with E-state index in [1.54, 1.807) is 13.0 Å². The van der Waals surface area contributed by atoms with Gasteiger partial charge < -0.3 is 4.90 Å². The first-order chi connectivity index (χ1) is 13.6. The lowest BCUT2D eigenvalue weighted by Crippen LogP contribution is -2.49. The van der Waals surface area contributed by atoms with E-state index in [1.165, 1.54) is 17.8 Å². The quantitative estimate of drug-likeness (QED) is 0.612. The van der Waals surface area contributed by atoms with Gasteiger partial charge in [0.2, 0.25) is 0 Å². The Kier molecular flexibility index (Phi) is 4.51. The number of aryl methyl sites for hydroxylation is 2. The fourth-order valence-electron chi connectivity index (χ4n) is 3.73. The second-order valence-electron chi connectivity index (χ2n) is 7.33. The van der Waals surface area contributed by atoms with Crippen molar-refractivity contribution in [2.75, 3.05) is 13.1 Å². The zero-order valence-corrected chi connectivity index (χ0v) is 15.7. The van der Waals surface area contributed by atoms with Gasteiger partial charge in [-0.05, 0) is 37.6 Å². The van der Waals surface area contributed by atoms with Gasteiger partial charge in [0, 0.05) is 30.1 Å². The van der Waals surface area contributed by atoms with Crippen LogP contribution in [0.25, 0.3) is 5.78 Å². The number of nitrogens with zero attached hydrogens (tertiary/aromatic N) is 5. The first-order valence-corrected chi connectivity index (χ1v) is 8.94. The Morgan fingerprint density at radius 1 is 1.21 bits per heavy atom. The third-order valence-electron chi connectivity index (χ3n) is 4.98. The number of fused-ring (bicyclic) bond motifs is 1. The summed E-state index contributed by atoms with van der Waals surface area (Å²) in [6, 6.07) is 3.53. The molecule has 0 spiro atoms. The lowest BCUT2D eigenvalue weighted by molar-refractivity contribution is -0.0641. The van der Waals surface area contributed by atoms with Crippen molar-refractivity contribution in [1.82, 2.24) is 24.5 Å². The van der Waals surface area contributed by atoms with Gasteiger partial charge in [0.05, 0.1) is 12.2 Å². The smallest absolute Gasteiger partial charge is 0.266 e. The highest BCUT2D eigenvalue weighted by Crippen LogP contribution is 2.37. The lowest BCUT2D eigenvalue weighted by Gasteiger charge is -2.37. The van der Waals surface area contributed by atoms with Crippen molar-refractivity contribution < 1.29 is 22.4 Å². The molecule has 1 amide bonds. The van der Waals surface area contributed by atoms with Gasteiger partial charge in [-0.1, -0.05) is 0 Å². The second-order valence-corrected chi connectivity index (χ2v) is 7.33. The number of alkyl halides is 2. The topological polar surface area (TPSA) is 63.4 Å². The monoisotopic (exact) mass is 407 g/mol. The van der Waals surface area contributed by atoms with E-state index in [1.807, 2.05) is 0 Å². The number of benzene rings is 1. The molecule has 1 unspecified atom stereocenters. The number of halogens is 4. The number of rotatable bonds is 2. The van der Waals surface area contributed by atoms with Gasteiger partial charge in [0.25, 0.3) is 17.6 Å². The molecule has 0 radical (unpaired) electrons. The Morgan fingerprint density at radius 2 is 1.97 bits per heavy atom. The Labute approximate surface area is 163 Å². The third-order valence-corrected chi connectivity index (χ3v) is 4.98. The molecule has 1 fully saturated rings. The van der Waals surface area contributed by atoms with Crippen molar-refractivity contribution in [1.29, 1.82) is 0 Å². The number of hydrogen-bond donors (Lipinski definition) is 0. The van der Waals surface area contributed by atoms with Crippen molar-refractivity contribution in [2.45, 2.75) is 32.1 Å². The van der Waals surface area contributed by atoms with E-state index in [9.17, 15) is 22.4 Å². The van der Waals surface area contributed by atoms with Crippen LogP contribution in [-0.4, -0.2) is 49.4 Å². The number of likely N-dealkylation sites (tertiary alicyclic amines) is 1. The molecule has 1 atom stereocenters. The van der Waals surface area contributed by atoms with Crippen molar-refractivity contribution >= 4 is 11.7 Å². The molecule has 4 rings (SSSR count). The molecule has 0 aliphatic carbocycles. The van der Waals surface area contributed by atoms with Gasteiger partial charge in [0.1, 0.15) is 6.33 Å². The summed E-state index contributed by atoms with van der Waals surface area (Å²) in [6.45, 7) is 2.20. The maximum atomic E-state index is 14.5. The van der Waals surface area contributed by atoms with Crippen LogP contribution in [0.3, 0.4) is 0 Å². The van der Waals surface area contributed by atoms with Gasteiger partial charge in [0.15, 0.2) is 11.6 Å². The van der Waals surface area contributed by atoms with Gasteiger partial charge >= 0.3 is 0 Å². The predicted octanol–water partition coefficient (Wildman–Crippen LogP) is 3.28. The van der Waals surface area contributed by atoms with Crippen molar-refractivity contribution in [3.05, 3.63) is 58.7 Å². The maximum Gasteiger partial charge on any atom is 0.266 e. The van der Waals surface area contributed by atoms with Gasteiger partial charge in [-0.2, -0.15) is 10.1 Å². The van der Waals surface area contributed by atoms with Crippen LogP contribution in [0.15, 0.2) is 24.5 Å². The number of hydrogen-bond acceptors (Lipinski definition) is 4. The van der Waals surface area contributed by atoms with Crippen LogP contribution in [0.4, 0.5) is 17.6 Å². The predicted molar refractivity (Wildman–Crippen MR) is 94.8 cm³/mol. The average molecular weight is 407 g/mol. The Morgan fingerprint density at radius 3 is 2.69 bits per heavy atom.